The van der Waals surface area contributed by atoms with Crippen molar-refractivity contribution in [2.75, 3.05) is 13.7 Å². The van der Waals surface area contributed by atoms with Crippen LogP contribution in [0, 0.1) is 5.92 Å². The fourth-order valence-electron chi connectivity index (χ4n) is 4.64. The summed E-state index contributed by atoms with van der Waals surface area (Å²) in [5, 5.41) is 16.1. The lowest BCUT2D eigenvalue weighted by atomic mass is 9.85. The number of carbonyl (C=O) groups is 1. The fraction of sp³-hybridized carbons (Fsp3) is 0.321. The molecular formula is C28H30N2O5. The Balaban J connectivity index is 0.000000527. The first kappa shape index (κ1) is 24.4. The predicted octanol–water partition coefficient (Wildman–Crippen LogP) is 5.75. The first-order valence-electron chi connectivity index (χ1n) is 11.9. The lowest BCUT2D eigenvalue weighted by molar-refractivity contribution is -0.140. The number of carboxylic acid groups (broad SMARTS) is 1. The molecule has 0 aliphatic heterocycles. The van der Waals surface area contributed by atoms with Gasteiger partial charge in [-0.1, -0.05) is 74.6 Å². The molecule has 0 atom stereocenters. The molecule has 0 bridgehead atoms. The van der Waals surface area contributed by atoms with Gasteiger partial charge in [-0.15, -0.1) is 0 Å². The molecule has 35 heavy (non-hydrogen) atoms. The predicted molar refractivity (Wildman–Crippen MR) is 134 cm³/mol. The van der Waals surface area contributed by atoms with Crippen LogP contribution in [0.25, 0.3) is 33.6 Å². The van der Waals surface area contributed by atoms with E-state index in [1.807, 2.05) is 30.3 Å². The summed E-state index contributed by atoms with van der Waals surface area (Å²) in [7, 11) is 1.69. The molecule has 7 heteroatoms. The molecule has 2 heterocycles. The van der Waals surface area contributed by atoms with Crippen molar-refractivity contribution in [3.8, 4) is 28.2 Å². The number of methoxy groups -OCH3 is 1. The third-order valence-corrected chi connectivity index (χ3v) is 6.32. The number of aliphatic hydroxyl groups excluding tert-OH is 1. The summed E-state index contributed by atoms with van der Waals surface area (Å²) in [4.78, 5) is 18.3. The van der Waals surface area contributed by atoms with Crippen molar-refractivity contribution >= 4 is 17.1 Å². The van der Waals surface area contributed by atoms with Crippen molar-refractivity contribution in [2.45, 2.75) is 38.5 Å². The highest BCUT2D eigenvalue weighted by Gasteiger charge is 2.24. The van der Waals surface area contributed by atoms with Gasteiger partial charge in [0.2, 0.25) is 5.71 Å². The van der Waals surface area contributed by atoms with E-state index in [1.54, 1.807) is 13.4 Å². The standard InChI is InChI=1S/C26H26N2O2.C2H4O3/c1-29-21-14-12-19(13-15-21)23-24-22(16-18-8-4-2-5-9-18)27-17-28-26(24)30-25(23)20-10-6-3-7-11-20;3-1-2(4)5/h3,6-7,10-15,17-18H,2,4-5,8-9,16H2,1H3;3H,1H2,(H,4,5). The van der Waals surface area contributed by atoms with Crippen molar-refractivity contribution in [3.63, 3.8) is 0 Å². The van der Waals surface area contributed by atoms with Crippen LogP contribution >= 0.6 is 0 Å². The molecular weight excluding hydrogens is 444 g/mol. The van der Waals surface area contributed by atoms with Gasteiger partial charge in [-0.3, -0.25) is 0 Å². The average Bonchev–Trinajstić information content (AvgIpc) is 3.31. The van der Waals surface area contributed by atoms with Gasteiger partial charge in [-0.25, -0.2) is 14.8 Å². The van der Waals surface area contributed by atoms with E-state index < -0.39 is 12.6 Å². The maximum absolute atomic E-state index is 9.12. The monoisotopic (exact) mass is 474 g/mol. The van der Waals surface area contributed by atoms with Crippen LogP contribution in [0.2, 0.25) is 0 Å². The number of aliphatic hydroxyl groups is 1. The van der Waals surface area contributed by atoms with Crippen LogP contribution in [0.4, 0.5) is 0 Å². The third kappa shape index (κ3) is 5.87. The van der Waals surface area contributed by atoms with E-state index in [2.05, 4.69) is 29.2 Å². The van der Waals surface area contributed by atoms with E-state index in [4.69, 9.17) is 29.1 Å². The molecule has 1 saturated carbocycles. The summed E-state index contributed by atoms with van der Waals surface area (Å²) >= 11 is 0. The van der Waals surface area contributed by atoms with Crippen molar-refractivity contribution < 1.29 is 24.2 Å². The topological polar surface area (TPSA) is 106 Å². The van der Waals surface area contributed by atoms with Gasteiger partial charge < -0.3 is 19.4 Å². The number of hydrogen-bond acceptors (Lipinski definition) is 6. The van der Waals surface area contributed by atoms with Crippen molar-refractivity contribution in [1.82, 2.24) is 9.97 Å². The number of carboxylic acids is 1. The Morgan fingerprint density at radius 1 is 1.00 bits per heavy atom. The Kier molecular flexibility index (Phi) is 8.11. The normalized spacial score (nSPS) is 13.8. The second kappa shape index (κ2) is 11.6. The molecule has 2 aromatic carbocycles. The van der Waals surface area contributed by atoms with Crippen LogP contribution in [0.15, 0.2) is 65.3 Å². The first-order valence-corrected chi connectivity index (χ1v) is 11.9. The molecule has 182 valence electrons. The zero-order valence-corrected chi connectivity index (χ0v) is 19.8. The molecule has 1 fully saturated rings. The van der Waals surface area contributed by atoms with Crippen LogP contribution in [-0.4, -0.2) is 39.9 Å². The maximum atomic E-state index is 9.12. The Morgan fingerprint density at radius 3 is 2.31 bits per heavy atom. The second-order valence-corrected chi connectivity index (χ2v) is 8.66. The number of furan rings is 1. The summed E-state index contributed by atoms with van der Waals surface area (Å²) in [6.45, 7) is -0.778. The van der Waals surface area contributed by atoms with Gasteiger partial charge in [-0.2, -0.15) is 0 Å². The zero-order valence-electron chi connectivity index (χ0n) is 19.8. The molecule has 2 aromatic heterocycles. The summed E-state index contributed by atoms with van der Waals surface area (Å²) in [5.41, 5.74) is 4.98. The lowest BCUT2D eigenvalue weighted by Gasteiger charge is -2.21. The molecule has 0 amide bonds. The SMILES string of the molecule is COc1ccc(-c2c(-c3ccccc3)oc3ncnc(CC4CCCCC4)c23)cc1.O=C(O)CO. The molecule has 0 unspecified atom stereocenters. The quantitative estimate of drug-likeness (QED) is 0.366. The van der Waals surface area contributed by atoms with E-state index in [0.29, 0.717) is 11.6 Å². The molecule has 1 aliphatic rings. The Morgan fingerprint density at radius 2 is 1.69 bits per heavy atom. The first-order chi connectivity index (χ1) is 17.1. The van der Waals surface area contributed by atoms with Crippen LogP contribution in [0.1, 0.15) is 37.8 Å². The molecule has 0 saturated heterocycles. The number of aromatic nitrogens is 2. The summed E-state index contributed by atoms with van der Waals surface area (Å²) < 4.78 is 11.7. The van der Waals surface area contributed by atoms with E-state index in [-0.39, 0.29) is 0 Å². The summed E-state index contributed by atoms with van der Waals surface area (Å²) in [6.07, 6.45) is 9.21. The van der Waals surface area contributed by atoms with Crippen LogP contribution in [0.5, 0.6) is 5.75 Å². The van der Waals surface area contributed by atoms with Gasteiger partial charge in [0, 0.05) is 11.1 Å². The van der Waals surface area contributed by atoms with Crippen molar-refractivity contribution in [1.29, 1.82) is 0 Å². The van der Waals surface area contributed by atoms with Gasteiger partial charge >= 0.3 is 5.97 Å². The summed E-state index contributed by atoms with van der Waals surface area (Å²) in [6, 6.07) is 18.4. The number of ether oxygens (including phenoxy) is 1. The Bertz CT molecular complexity index is 1250. The minimum Gasteiger partial charge on any atom is -0.497 e. The van der Waals surface area contributed by atoms with Crippen LogP contribution < -0.4 is 4.74 Å². The number of fused-ring (bicyclic) bond motifs is 1. The van der Waals surface area contributed by atoms with E-state index >= 15 is 0 Å². The Hall–Kier alpha value is -3.71. The highest BCUT2D eigenvalue weighted by Crippen LogP contribution is 2.42. The Labute approximate surface area is 204 Å². The molecule has 5 rings (SSSR count). The molecule has 4 aromatic rings. The summed E-state index contributed by atoms with van der Waals surface area (Å²) in [5.74, 6) is 1.19. The van der Waals surface area contributed by atoms with Crippen molar-refractivity contribution in [2.24, 2.45) is 5.92 Å². The van der Waals surface area contributed by atoms with Gasteiger partial charge in [0.25, 0.3) is 0 Å². The number of benzene rings is 2. The molecule has 0 spiro atoms. The minimum absolute atomic E-state index is 0.667. The van der Waals surface area contributed by atoms with Gasteiger partial charge in [0.1, 0.15) is 24.4 Å². The zero-order chi connectivity index (χ0) is 24.6. The number of rotatable bonds is 6. The van der Waals surface area contributed by atoms with Crippen molar-refractivity contribution in [3.05, 3.63) is 66.6 Å². The molecule has 0 radical (unpaired) electrons. The lowest BCUT2D eigenvalue weighted by Crippen LogP contribution is -2.10. The highest BCUT2D eigenvalue weighted by molar-refractivity contribution is 6.01. The van der Waals surface area contributed by atoms with E-state index in [1.165, 1.54) is 32.1 Å². The molecule has 2 N–H and O–H groups in total. The number of nitrogens with zero attached hydrogens (tertiary/aromatic N) is 2. The molecule has 1 aliphatic carbocycles. The smallest absolute Gasteiger partial charge is 0.329 e. The van der Waals surface area contributed by atoms with Crippen LogP contribution in [-0.2, 0) is 11.2 Å². The van der Waals surface area contributed by atoms with E-state index in [0.717, 1.165) is 45.7 Å². The van der Waals surface area contributed by atoms with Gasteiger partial charge in [-0.05, 0) is 30.0 Å². The maximum Gasteiger partial charge on any atom is 0.329 e. The van der Waals surface area contributed by atoms with Crippen LogP contribution in [0.3, 0.4) is 0 Å². The number of aliphatic carboxylic acids is 1. The fourth-order valence-corrected chi connectivity index (χ4v) is 4.64. The average molecular weight is 475 g/mol. The second-order valence-electron chi connectivity index (χ2n) is 8.66. The molecule has 7 nitrogen and oxygen atoms in total. The van der Waals surface area contributed by atoms with Gasteiger partial charge in [0.15, 0.2) is 0 Å². The largest absolute Gasteiger partial charge is 0.497 e. The third-order valence-electron chi connectivity index (χ3n) is 6.32. The van der Waals surface area contributed by atoms with Gasteiger partial charge in [0.05, 0.1) is 18.2 Å². The highest BCUT2D eigenvalue weighted by atomic mass is 16.5. The van der Waals surface area contributed by atoms with E-state index in [9.17, 15) is 0 Å². The number of hydrogen-bond donors (Lipinski definition) is 2. The minimum atomic E-state index is -1.19.